The van der Waals surface area contributed by atoms with Gasteiger partial charge < -0.3 is 5.32 Å². The van der Waals surface area contributed by atoms with Crippen molar-refractivity contribution in [3.8, 4) is 0 Å². The van der Waals surface area contributed by atoms with Crippen LogP contribution >= 0.6 is 35.2 Å². The predicted octanol–water partition coefficient (Wildman–Crippen LogP) is 3.65. The molecule has 0 atom stereocenters. The van der Waals surface area contributed by atoms with Crippen molar-refractivity contribution in [3.05, 3.63) is 60.7 Å². The maximum Gasteiger partial charge on any atom is 0.296 e. The first-order valence-corrected chi connectivity index (χ1v) is 8.77. The number of nitrogens with zero attached hydrogens (tertiary/aromatic N) is 4. The smallest absolute Gasteiger partial charge is 0.296 e. The van der Waals surface area contributed by atoms with Crippen molar-refractivity contribution in [1.82, 2.24) is 19.9 Å². The Hall–Kier alpha value is -2.36. The molecule has 2 N–H and O–H groups in total. The van der Waals surface area contributed by atoms with Gasteiger partial charge in [-0.15, -0.1) is 0 Å². The standard InChI is InChI=1S/C15H13ClN6OS2/c1-8-3-5-10(6-4-8)18-14-19-12(16)11(25-14)7-17-22-13(23)9(2)20-21-15(22)24/h3-7H,1-2H3,(H,18,19)(H,21,24)/b17-7+. The normalized spacial score (nSPS) is 11.2. The van der Waals surface area contributed by atoms with Gasteiger partial charge in [-0.25, -0.2) is 4.98 Å². The van der Waals surface area contributed by atoms with Crippen molar-refractivity contribution in [2.45, 2.75) is 13.8 Å². The van der Waals surface area contributed by atoms with Crippen molar-refractivity contribution in [2.24, 2.45) is 5.10 Å². The maximum atomic E-state index is 12.0. The second kappa shape index (κ2) is 7.26. The lowest BCUT2D eigenvalue weighted by molar-refractivity contribution is 0.720. The zero-order valence-corrected chi connectivity index (χ0v) is 15.7. The first-order chi connectivity index (χ1) is 11.9. The number of aromatic nitrogens is 4. The molecule has 3 rings (SSSR count). The molecule has 0 amide bonds. The maximum absolute atomic E-state index is 12.0. The van der Waals surface area contributed by atoms with E-state index in [1.807, 2.05) is 31.2 Å². The van der Waals surface area contributed by atoms with E-state index in [9.17, 15) is 4.79 Å². The fourth-order valence-corrected chi connectivity index (χ4v) is 3.11. The highest BCUT2D eigenvalue weighted by Gasteiger charge is 2.09. The summed E-state index contributed by atoms with van der Waals surface area (Å²) in [6.07, 6.45) is 1.45. The van der Waals surface area contributed by atoms with Crippen molar-refractivity contribution < 1.29 is 0 Å². The minimum absolute atomic E-state index is 0.102. The zero-order chi connectivity index (χ0) is 18.0. The Kier molecular flexibility index (Phi) is 5.07. The van der Waals surface area contributed by atoms with Crippen LogP contribution in [0, 0.1) is 18.6 Å². The van der Waals surface area contributed by atoms with Gasteiger partial charge in [-0.05, 0) is 38.2 Å². The molecule has 25 heavy (non-hydrogen) atoms. The van der Waals surface area contributed by atoms with E-state index in [0.29, 0.717) is 10.0 Å². The van der Waals surface area contributed by atoms with Crippen LogP contribution in [0.25, 0.3) is 0 Å². The Bertz CT molecular complexity index is 1050. The molecule has 128 valence electrons. The second-order valence-corrected chi connectivity index (χ2v) is 6.92. The summed E-state index contributed by atoms with van der Waals surface area (Å²) >= 11 is 12.5. The van der Waals surface area contributed by atoms with Crippen LogP contribution in [0.2, 0.25) is 5.15 Å². The van der Waals surface area contributed by atoms with E-state index >= 15 is 0 Å². The number of anilines is 2. The summed E-state index contributed by atoms with van der Waals surface area (Å²) in [6.45, 7) is 3.59. The molecule has 0 spiro atoms. The quantitative estimate of drug-likeness (QED) is 0.522. The van der Waals surface area contributed by atoms with Gasteiger partial charge in [-0.3, -0.25) is 9.89 Å². The van der Waals surface area contributed by atoms with Crippen molar-refractivity contribution in [1.29, 1.82) is 0 Å². The number of hydrogen-bond donors (Lipinski definition) is 2. The minimum Gasteiger partial charge on any atom is -0.331 e. The first-order valence-electron chi connectivity index (χ1n) is 7.17. The monoisotopic (exact) mass is 392 g/mol. The third kappa shape index (κ3) is 4.01. The van der Waals surface area contributed by atoms with E-state index in [2.05, 4.69) is 25.6 Å². The van der Waals surface area contributed by atoms with Gasteiger partial charge in [0.2, 0.25) is 4.77 Å². The lowest BCUT2D eigenvalue weighted by Gasteiger charge is -2.01. The van der Waals surface area contributed by atoms with Crippen LogP contribution in [0.4, 0.5) is 10.8 Å². The lowest BCUT2D eigenvalue weighted by Crippen LogP contribution is -2.22. The summed E-state index contributed by atoms with van der Waals surface area (Å²) < 4.78 is 1.16. The van der Waals surface area contributed by atoms with Gasteiger partial charge in [0, 0.05) is 5.69 Å². The van der Waals surface area contributed by atoms with Gasteiger partial charge in [-0.2, -0.15) is 14.9 Å². The SMILES string of the molecule is Cc1ccc(Nc2nc(Cl)c(/C=N/n3c(=S)[nH]nc(C)c3=O)s2)cc1. The molecule has 0 saturated heterocycles. The minimum atomic E-state index is -0.390. The molecule has 0 aliphatic heterocycles. The van der Waals surface area contributed by atoms with E-state index in [4.69, 9.17) is 23.8 Å². The Balaban J connectivity index is 1.86. The highest BCUT2D eigenvalue weighted by atomic mass is 35.5. The fraction of sp³-hybridized carbons (Fsp3) is 0.133. The first kappa shape index (κ1) is 17.5. The molecule has 3 aromatic rings. The molecule has 0 fully saturated rings. The van der Waals surface area contributed by atoms with Crippen LogP contribution in [0.1, 0.15) is 16.1 Å². The third-order valence-corrected chi connectivity index (χ3v) is 4.79. The number of nitrogens with one attached hydrogen (secondary N) is 2. The lowest BCUT2D eigenvalue weighted by atomic mass is 10.2. The Morgan fingerprint density at radius 3 is 2.80 bits per heavy atom. The van der Waals surface area contributed by atoms with E-state index in [1.165, 1.54) is 23.1 Å². The number of aromatic amines is 1. The molecule has 0 aliphatic carbocycles. The molecule has 2 heterocycles. The van der Waals surface area contributed by atoms with Gasteiger partial charge in [0.15, 0.2) is 10.3 Å². The zero-order valence-electron chi connectivity index (χ0n) is 13.3. The molecule has 0 unspecified atom stereocenters. The van der Waals surface area contributed by atoms with Crippen LogP contribution in [0.5, 0.6) is 0 Å². The Morgan fingerprint density at radius 1 is 1.36 bits per heavy atom. The molecule has 0 saturated carbocycles. The summed E-state index contributed by atoms with van der Waals surface area (Å²) in [5, 5.41) is 14.5. The molecular weight excluding hydrogens is 380 g/mol. The molecule has 0 aliphatic rings. The number of aryl methyl sites for hydroxylation is 2. The second-order valence-electron chi connectivity index (χ2n) is 5.14. The Morgan fingerprint density at radius 2 is 2.08 bits per heavy atom. The topological polar surface area (TPSA) is 88.0 Å². The van der Waals surface area contributed by atoms with E-state index in [1.54, 1.807) is 6.92 Å². The summed E-state index contributed by atoms with van der Waals surface area (Å²) in [6, 6.07) is 7.91. The number of H-pyrrole nitrogens is 1. The van der Waals surface area contributed by atoms with E-state index in [-0.39, 0.29) is 15.6 Å². The molecule has 10 heteroatoms. The van der Waals surface area contributed by atoms with Gasteiger partial charge in [-0.1, -0.05) is 40.6 Å². The van der Waals surface area contributed by atoms with Crippen LogP contribution in [-0.4, -0.2) is 26.1 Å². The molecule has 1 aromatic carbocycles. The molecule has 0 bridgehead atoms. The molecule has 7 nitrogen and oxygen atoms in total. The highest BCUT2D eigenvalue weighted by molar-refractivity contribution is 7.71. The van der Waals surface area contributed by atoms with Gasteiger partial charge >= 0.3 is 0 Å². The van der Waals surface area contributed by atoms with Gasteiger partial charge in [0.25, 0.3) is 5.56 Å². The van der Waals surface area contributed by atoms with Crippen molar-refractivity contribution in [2.75, 3.05) is 5.32 Å². The third-order valence-electron chi connectivity index (χ3n) is 3.22. The summed E-state index contributed by atoms with van der Waals surface area (Å²) in [7, 11) is 0. The van der Waals surface area contributed by atoms with Crippen molar-refractivity contribution >= 4 is 52.2 Å². The van der Waals surface area contributed by atoms with Crippen LogP contribution < -0.4 is 10.9 Å². The number of hydrogen-bond acceptors (Lipinski definition) is 7. The predicted molar refractivity (Wildman–Crippen MR) is 103 cm³/mol. The van der Waals surface area contributed by atoms with Crippen molar-refractivity contribution in [3.63, 3.8) is 0 Å². The number of rotatable bonds is 4. The average Bonchev–Trinajstić information content (AvgIpc) is 2.93. The highest BCUT2D eigenvalue weighted by Crippen LogP contribution is 2.28. The number of benzene rings is 1. The van der Waals surface area contributed by atoms with Gasteiger partial charge in [0.1, 0.15) is 5.69 Å². The molecular formula is C15H13ClN6OS2. The summed E-state index contributed by atoms with van der Waals surface area (Å²) in [4.78, 5) is 16.9. The summed E-state index contributed by atoms with van der Waals surface area (Å²) in [5.74, 6) is 0. The van der Waals surface area contributed by atoms with Crippen LogP contribution in [0.3, 0.4) is 0 Å². The Labute approximate surface area is 157 Å². The van der Waals surface area contributed by atoms with Crippen LogP contribution in [0.15, 0.2) is 34.2 Å². The fourth-order valence-electron chi connectivity index (χ4n) is 1.89. The molecule has 2 aromatic heterocycles. The number of thiazole rings is 1. The number of halogens is 1. The van der Waals surface area contributed by atoms with E-state index < -0.39 is 5.56 Å². The van der Waals surface area contributed by atoms with E-state index in [0.717, 1.165) is 10.4 Å². The average molecular weight is 393 g/mol. The van der Waals surface area contributed by atoms with Crippen LogP contribution in [-0.2, 0) is 0 Å². The van der Waals surface area contributed by atoms with Gasteiger partial charge in [0.05, 0.1) is 11.1 Å². The molecule has 0 radical (unpaired) electrons. The summed E-state index contributed by atoms with van der Waals surface area (Å²) in [5.41, 5.74) is 1.95. The largest absolute Gasteiger partial charge is 0.331 e.